The van der Waals surface area contributed by atoms with E-state index < -0.39 is 0 Å². The monoisotopic (exact) mass is 390 g/mol. The van der Waals surface area contributed by atoms with Crippen LogP contribution in [0.1, 0.15) is 32.3 Å². The van der Waals surface area contributed by atoms with Gasteiger partial charge in [-0.25, -0.2) is 0 Å². The van der Waals surface area contributed by atoms with Crippen LogP contribution in [0.3, 0.4) is 0 Å². The first kappa shape index (κ1) is 18.8. The van der Waals surface area contributed by atoms with E-state index in [2.05, 4.69) is 29.4 Å². The Morgan fingerprint density at radius 2 is 2.19 bits per heavy atom. The predicted octanol–water partition coefficient (Wildman–Crippen LogP) is 3.73. The maximum absolute atomic E-state index is 12.6. The normalized spacial score (nSPS) is 18.2. The van der Waals surface area contributed by atoms with Crippen molar-refractivity contribution in [2.24, 2.45) is 5.92 Å². The quantitative estimate of drug-likeness (QED) is 0.601. The fourth-order valence-corrected chi connectivity index (χ4v) is 4.75. The summed E-state index contributed by atoms with van der Waals surface area (Å²) in [5, 5.41) is 11.9. The molecule has 0 bridgehead atoms. The number of thioether (sulfide) groups is 1. The van der Waals surface area contributed by atoms with Crippen molar-refractivity contribution in [2.45, 2.75) is 43.2 Å². The zero-order valence-corrected chi connectivity index (χ0v) is 16.7. The van der Waals surface area contributed by atoms with Gasteiger partial charge in [0.15, 0.2) is 4.34 Å². The Bertz CT molecular complexity index is 808. The molecule has 26 heavy (non-hydrogen) atoms. The SMILES string of the molecule is CC[C@H](C)Sc1nnc(NC(=O)[C@@H]2CC(=O)N(c3ccccc3C)C2)s1. The molecule has 0 radical (unpaired) electrons. The number of carbonyl (C=O) groups excluding carboxylic acids is 2. The highest BCUT2D eigenvalue weighted by atomic mass is 32.2. The van der Waals surface area contributed by atoms with Crippen LogP contribution in [0, 0.1) is 12.8 Å². The van der Waals surface area contributed by atoms with Gasteiger partial charge < -0.3 is 10.2 Å². The molecule has 2 aromatic rings. The number of carbonyl (C=O) groups is 2. The summed E-state index contributed by atoms with van der Waals surface area (Å²) in [6.07, 6.45) is 1.26. The van der Waals surface area contributed by atoms with Gasteiger partial charge in [-0.1, -0.05) is 55.1 Å². The molecule has 1 aliphatic rings. The van der Waals surface area contributed by atoms with Gasteiger partial charge in [-0.15, -0.1) is 10.2 Å². The number of amides is 2. The summed E-state index contributed by atoms with van der Waals surface area (Å²) in [4.78, 5) is 26.6. The van der Waals surface area contributed by atoms with Gasteiger partial charge in [-0.2, -0.15) is 0 Å². The minimum atomic E-state index is -0.378. The topological polar surface area (TPSA) is 75.2 Å². The second-order valence-corrected chi connectivity index (χ2v) is 9.05. The summed E-state index contributed by atoms with van der Waals surface area (Å²) in [6.45, 7) is 6.61. The van der Waals surface area contributed by atoms with Gasteiger partial charge in [0.25, 0.3) is 0 Å². The molecule has 1 aromatic carbocycles. The molecule has 0 aliphatic carbocycles. The molecule has 3 rings (SSSR count). The highest BCUT2D eigenvalue weighted by molar-refractivity contribution is 8.01. The molecule has 0 saturated carbocycles. The van der Waals surface area contributed by atoms with Crippen LogP contribution in [0.2, 0.25) is 0 Å². The Morgan fingerprint density at radius 3 is 2.92 bits per heavy atom. The average Bonchev–Trinajstić information content (AvgIpc) is 3.22. The minimum Gasteiger partial charge on any atom is -0.311 e. The number of para-hydroxylation sites is 1. The third-order valence-electron chi connectivity index (χ3n) is 4.42. The number of hydrogen-bond donors (Lipinski definition) is 1. The average molecular weight is 391 g/mol. The van der Waals surface area contributed by atoms with Crippen molar-refractivity contribution in [3.05, 3.63) is 29.8 Å². The zero-order chi connectivity index (χ0) is 18.7. The third-order valence-corrected chi connectivity index (χ3v) is 6.61. The fourth-order valence-electron chi connectivity index (χ4n) is 2.75. The van der Waals surface area contributed by atoms with Crippen molar-refractivity contribution in [1.29, 1.82) is 0 Å². The summed E-state index contributed by atoms with van der Waals surface area (Å²) in [6, 6.07) is 7.72. The van der Waals surface area contributed by atoms with Gasteiger partial charge in [0, 0.05) is 23.9 Å². The van der Waals surface area contributed by atoms with E-state index >= 15 is 0 Å². The molecular formula is C18H22N4O2S2. The van der Waals surface area contributed by atoms with Crippen molar-refractivity contribution >= 4 is 45.7 Å². The van der Waals surface area contributed by atoms with E-state index in [9.17, 15) is 9.59 Å². The number of hydrogen-bond acceptors (Lipinski definition) is 6. The van der Waals surface area contributed by atoms with Gasteiger partial charge in [-0.3, -0.25) is 9.59 Å². The number of aryl methyl sites for hydroxylation is 1. The van der Waals surface area contributed by atoms with Crippen LogP contribution in [-0.4, -0.2) is 33.8 Å². The highest BCUT2D eigenvalue weighted by Gasteiger charge is 2.36. The van der Waals surface area contributed by atoms with Gasteiger partial charge in [0.2, 0.25) is 16.9 Å². The number of anilines is 2. The molecule has 8 heteroatoms. The Balaban J connectivity index is 1.63. The number of benzene rings is 1. The number of aromatic nitrogens is 2. The molecule has 0 spiro atoms. The Labute approximate surface area is 161 Å². The van der Waals surface area contributed by atoms with Crippen LogP contribution >= 0.6 is 23.1 Å². The minimum absolute atomic E-state index is 0.0234. The van der Waals surface area contributed by atoms with Gasteiger partial charge in [0.05, 0.1) is 5.92 Å². The second-order valence-electron chi connectivity index (χ2n) is 6.39. The van der Waals surface area contributed by atoms with E-state index in [1.165, 1.54) is 11.3 Å². The summed E-state index contributed by atoms with van der Waals surface area (Å²) >= 11 is 3.03. The summed E-state index contributed by atoms with van der Waals surface area (Å²) < 4.78 is 0.846. The van der Waals surface area contributed by atoms with E-state index in [0.29, 0.717) is 16.9 Å². The van der Waals surface area contributed by atoms with E-state index in [4.69, 9.17) is 0 Å². The smallest absolute Gasteiger partial charge is 0.231 e. The van der Waals surface area contributed by atoms with Crippen LogP contribution in [0.15, 0.2) is 28.6 Å². The molecule has 2 heterocycles. The van der Waals surface area contributed by atoms with E-state index in [-0.39, 0.29) is 24.2 Å². The molecule has 1 fully saturated rings. The van der Waals surface area contributed by atoms with Gasteiger partial charge in [0.1, 0.15) is 0 Å². The summed E-state index contributed by atoms with van der Waals surface area (Å²) in [5.74, 6) is -0.577. The summed E-state index contributed by atoms with van der Waals surface area (Å²) in [7, 11) is 0. The van der Waals surface area contributed by atoms with E-state index in [1.54, 1.807) is 16.7 Å². The standard InChI is InChI=1S/C18H22N4O2S2/c1-4-12(3)25-18-21-20-17(26-18)19-16(24)13-9-15(23)22(10-13)14-8-6-5-7-11(14)2/h5-8,12-13H,4,9-10H2,1-3H3,(H,19,20,24)/t12-,13+/m0/s1. The lowest BCUT2D eigenvalue weighted by molar-refractivity contribution is -0.122. The summed E-state index contributed by atoms with van der Waals surface area (Å²) in [5.41, 5.74) is 1.90. The van der Waals surface area contributed by atoms with Crippen LogP contribution in [-0.2, 0) is 9.59 Å². The van der Waals surface area contributed by atoms with Crippen molar-refractivity contribution in [1.82, 2.24) is 10.2 Å². The van der Waals surface area contributed by atoms with Crippen LogP contribution in [0.5, 0.6) is 0 Å². The van der Waals surface area contributed by atoms with Crippen LogP contribution < -0.4 is 10.2 Å². The second kappa shape index (κ2) is 8.18. The highest BCUT2D eigenvalue weighted by Crippen LogP contribution is 2.31. The first-order chi connectivity index (χ1) is 12.5. The van der Waals surface area contributed by atoms with Crippen molar-refractivity contribution in [2.75, 3.05) is 16.8 Å². The predicted molar refractivity (Wildman–Crippen MR) is 106 cm³/mol. The van der Waals surface area contributed by atoms with Crippen molar-refractivity contribution in [3.8, 4) is 0 Å². The molecular weight excluding hydrogens is 368 g/mol. The molecule has 1 aromatic heterocycles. The van der Waals surface area contributed by atoms with E-state index in [1.807, 2.05) is 31.2 Å². The molecule has 6 nitrogen and oxygen atoms in total. The fraction of sp³-hybridized carbons (Fsp3) is 0.444. The number of nitrogens with one attached hydrogen (secondary N) is 1. The van der Waals surface area contributed by atoms with Crippen molar-refractivity contribution < 1.29 is 9.59 Å². The Kier molecular flexibility index (Phi) is 5.93. The molecule has 1 N–H and O–H groups in total. The Morgan fingerprint density at radius 1 is 1.42 bits per heavy atom. The van der Waals surface area contributed by atoms with Crippen LogP contribution in [0.25, 0.3) is 0 Å². The van der Waals surface area contributed by atoms with Gasteiger partial charge >= 0.3 is 0 Å². The molecule has 138 valence electrons. The zero-order valence-electron chi connectivity index (χ0n) is 15.1. The largest absolute Gasteiger partial charge is 0.311 e. The maximum Gasteiger partial charge on any atom is 0.231 e. The molecule has 1 aliphatic heterocycles. The molecule has 2 amide bonds. The maximum atomic E-state index is 12.6. The lowest BCUT2D eigenvalue weighted by Gasteiger charge is -2.18. The third kappa shape index (κ3) is 4.24. The van der Waals surface area contributed by atoms with E-state index in [0.717, 1.165) is 22.0 Å². The molecule has 0 unspecified atom stereocenters. The lowest BCUT2D eigenvalue weighted by atomic mass is 10.1. The first-order valence-corrected chi connectivity index (χ1v) is 10.3. The first-order valence-electron chi connectivity index (χ1n) is 8.65. The molecule has 2 atom stereocenters. The van der Waals surface area contributed by atoms with Crippen LogP contribution in [0.4, 0.5) is 10.8 Å². The van der Waals surface area contributed by atoms with Gasteiger partial charge in [-0.05, 0) is 25.0 Å². The number of nitrogens with zero attached hydrogens (tertiary/aromatic N) is 3. The molecule has 1 saturated heterocycles. The Hall–Kier alpha value is -1.93. The lowest BCUT2D eigenvalue weighted by Crippen LogP contribution is -2.28. The number of rotatable bonds is 6. The van der Waals surface area contributed by atoms with Crippen molar-refractivity contribution in [3.63, 3.8) is 0 Å².